The lowest BCUT2D eigenvalue weighted by Gasteiger charge is -2.16. The highest BCUT2D eigenvalue weighted by molar-refractivity contribution is 6.54. The molecule has 0 spiro atoms. The molecule has 0 unspecified atom stereocenters. The Morgan fingerprint density at radius 1 is 0.962 bits per heavy atom. The van der Waals surface area contributed by atoms with E-state index < -0.39 is 0 Å². The molecular formula is C22H17FN2O. The zero-order chi connectivity index (χ0) is 18.1. The van der Waals surface area contributed by atoms with E-state index >= 15 is 0 Å². The molecule has 0 atom stereocenters. The Kier molecular flexibility index (Phi) is 4.09. The summed E-state index contributed by atoms with van der Waals surface area (Å²) in [6, 6.07) is 21.6. The van der Waals surface area contributed by atoms with E-state index in [0.29, 0.717) is 12.3 Å². The second-order valence-corrected chi connectivity index (χ2v) is 6.33. The summed E-state index contributed by atoms with van der Waals surface area (Å²) < 4.78 is 13.2. The Morgan fingerprint density at radius 2 is 1.73 bits per heavy atom. The van der Waals surface area contributed by atoms with Crippen LogP contribution in [0.3, 0.4) is 0 Å². The van der Waals surface area contributed by atoms with Crippen LogP contribution in [0.2, 0.25) is 0 Å². The minimum Gasteiger partial charge on any atom is -0.302 e. The second-order valence-electron chi connectivity index (χ2n) is 6.33. The van der Waals surface area contributed by atoms with Crippen LogP contribution in [0.25, 0.3) is 0 Å². The molecule has 1 aliphatic rings. The lowest BCUT2D eigenvalue weighted by molar-refractivity contribution is -0.112. The fraction of sp³-hybridized carbons (Fsp3) is 0.0909. The van der Waals surface area contributed by atoms with Crippen LogP contribution in [0.15, 0.2) is 77.8 Å². The molecule has 1 heterocycles. The van der Waals surface area contributed by atoms with Crippen LogP contribution < -0.4 is 4.90 Å². The number of para-hydroxylation sites is 1. The zero-order valence-electron chi connectivity index (χ0n) is 14.3. The van der Waals surface area contributed by atoms with Crippen molar-refractivity contribution in [2.45, 2.75) is 13.5 Å². The van der Waals surface area contributed by atoms with Gasteiger partial charge >= 0.3 is 0 Å². The van der Waals surface area contributed by atoms with Gasteiger partial charge in [0.15, 0.2) is 0 Å². The highest BCUT2D eigenvalue weighted by Gasteiger charge is 2.33. The minimum absolute atomic E-state index is 0.142. The molecule has 3 aromatic carbocycles. The molecule has 0 fully saturated rings. The monoisotopic (exact) mass is 344 g/mol. The molecule has 4 heteroatoms. The molecule has 0 saturated heterocycles. The van der Waals surface area contributed by atoms with E-state index in [4.69, 9.17) is 0 Å². The van der Waals surface area contributed by atoms with Crippen LogP contribution in [0, 0.1) is 12.7 Å². The summed E-state index contributed by atoms with van der Waals surface area (Å²) in [5, 5.41) is 0. The van der Waals surface area contributed by atoms with E-state index in [0.717, 1.165) is 28.1 Å². The normalized spacial score (nSPS) is 14.8. The number of nitrogens with zero attached hydrogens (tertiary/aromatic N) is 2. The number of benzene rings is 3. The molecule has 0 saturated carbocycles. The summed E-state index contributed by atoms with van der Waals surface area (Å²) in [6.45, 7) is 2.37. The molecule has 128 valence electrons. The molecule has 1 amide bonds. The Balaban J connectivity index is 1.74. The summed E-state index contributed by atoms with van der Waals surface area (Å²) in [7, 11) is 0. The van der Waals surface area contributed by atoms with Crippen molar-refractivity contribution in [3.05, 3.63) is 95.3 Å². The first-order chi connectivity index (χ1) is 12.6. The molecule has 3 aromatic rings. The summed E-state index contributed by atoms with van der Waals surface area (Å²) >= 11 is 0. The van der Waals surface area contributed by atoms with E-state index in [-0.39, 0.29) is 11.7 Å². The average Bonchev–Trinajstić information content (AvgIpc) is 2.90. The van der Waals surface area contributed by atoms with Crippen molar-refractivity contribution < 1.29 is 9.18 Å². The van der Waals surface area contributed by atoms with Crippen LogP contribution >= 0.6 is 0 Å². The van der Waals surface area contributed by atoms with Gasteiger partial charge in [-0.25, -0.2) is 9.38 Å². The van der Waals surface area contributed by atoms with Crippen LogP contribution in [-0.4, -0.2) is 11.6 Å². The highest BCUT2D eigenvalue weighted by atomic mass is 19.1. The number of rotatable bonds is 3. The number of anilines is 1. The van der Waals surface area contributed by atoms with E-state index in [1.54, 1.807) is 17.0 Å². The predicted octanol–water partition coefficient (Wildman–Crippen LogP) is 4.80. The number of carbonyl (C=O) groups excluding carboxylic acids is 1. The number of aliphatic imine (C=N–C) groups is 1. The van der Waals surface area contributed by atoms with Gasteiger partial charge in [-0.05, 0) is 48.4 Å². The average molecular weight is 344 g/mol. The van der Waals surface area contributed by atoms with Crippen molar-refractivity contribution >= 4 is 23.0 Å². The molecule has 0 bridgehead atoms. The van der Waals surface area contributed by atoms with E-state index in [1.165, 1.54) is 12.1 Å². The Bertz CT molecular complexity index is 1010. The number of hydrogen-bond donors (Lipinski definition) is 0. The third kappa shape index (κ3) is 3.02. The van der Waals surface area contributed by atoms with Crippen LogP contribution in [0.4, 0.5) is 15.8 Å². The molecule has 3 nitrogen and oxygen atoms in total. The summed E-state index contributed by atoms with van der Waals surface area (Å²) in [5.74, 6) is -0.430. The number of halogens is 1. The van der Waals surface area contributed by atoms with Gasteiger partial charge in [0.1, 0.15) is 11.5 Å². The minimum atomic E-state index is -0.288. The molecular weight excluding hydrogens is 327 g/mol. The number of fused-ring (bicyclic) bond motifs is 1. The first-order valence-electron chi connectivity index (χ1n) is 8.43. The van der Waals surface area contributed by atoms with Crippen molar-refractivity contribution in [2.24, 2.45) is 4.99 Å². The van der Waals surface area contributed by atoms with Gasteiger partial charge in [-0.15, -0.1) is 0 Å². The standard InChI is InChI=1S/C22H17FN2O/c1-15-5-4-6-18(13-15)24-21-19-7-2-3-8-20(19)25(22(21)26)14-16-9-11-17(23)12-10-16/h2-13H,14H2,1H3. The molecule has 26 heavy (non-hydrogen) atoms. The van der Waals surface area contributed by atoms with Gasteiger partial charge in [0.2, 0.25) is 0 Å². The quantitative estimate of drug-likeness (QED) is 0.672. The third-order valence-electron chi connectivity index (χ3n) is 4.39. The Morgan fingerprint density at radius 3 is 2.50 bits per heavy atom. The third-order valence-corrected chi connectivity index (χ3v) is 4.39. The molecule has 0 radical (unpaired) electrons. The summed E-state index contributed by atoms with van der Waals surface area (Å²) in [4.78, 5) is 19.3. The Labute approximate surface area is 151 Å². The van der Waals surface area contributed by atoms with Crippen molar-refractivity contribution in [1.29, 1.82) is 0 Å². The van der Waals surface area contributed by atoms with Gasteiger partial charge in [-0.1, -0.05) is 42.5 Å². The van der Waals surface area contributed by atoms with Crippen molar-refractivity contribution in [2.75, 3.05) is 4.90 Å². The van der Waals surface area contributed by atoms with E-state index in [9.17, 15) is 9.18 Å². The largest absolute Gasteiger partial charge is 0.302 e. The zero-order valence-corrected chi connectivity index (χ0v) is 14.3. The molecule has 4 rings (SSSR count). The summed E-state index contributed by atoms with van der Waals surface area (Å²) in [5.41, 5.74) is 4.80. The maximum Gasteiger partial charge on any atom is 0.277 e. The molecule has 0 N–H and O–H groups in total. The van der Waals surface area contributed by atoms with E-state index in [1.807, 2.05) is 55.5 Å². The molecule has 1 aliphatic heterocycles. The number of carbonyl (C=O) groups is 1. The van der Waals surface area contributed by atoms with Crippen molar-refractivity contribution in [3.63, 3.8) is 0 Å². The fourth-order valence-corrected chi connectivity index (χ4v) is 3.13. The van der Waals surface area contributed by atoms with Crippen LogP contribution in [0.5, 0.6) is 0 Å². The van der Waals surface area contributed by atoms with Gasteiger partial charge in [0.25, 0.3) is 5.91 Å². The van der Waals surface area contributed by atoms with Gasteiger partial charge < -0.3 is 4.90 Å². The van der Waals surface area contributed by atoms with Gasteiger partial charge in [0.05, 0.1) is 17.9 Å². The number of aryl methyl sites for hydroxylation is 1. The first kappa shape index (κ1) is 16.2. The first-order valence-corrected chi connectivity index (χ1v) is 8.43. The lowest BCUT2D eigenvalue weighted by atomic mass is 10.1. The maximum atomic E-state index is 13.2. The smallest absolute Gasteiger partial charge is 0.277 e. The van der Waals surface area contributed by atoms with Crippen molar-refractivity contribution in [3.8, 4) is 0 Å². The second kappa shape index (κ2) is 6.56. The SMILES string of the molecule is Cc1cccc(N=C2C(=O)N(Cc3ccc(F)cc3)c3ccccc32)c1. The van der Waals surface area contributed by atoms with Crippen LogP contribution in [0.1, 0.15) is 16.7 Å². The van der Waals surface area contributed by atoms with Gasteiger partial charge in [-0.2, -0.15) is 0 Å². The molecule has 0 aliphatic carbocycles. The topological polar surface area (TPSA) is 32.7 Å². The fourth-order valence-electron chi connectivity index (χ4n) is 3.13. The highest BCUT2D eigenvalue weighted by Crippen LogP contribution is 2.32. The molecule has 0 aromatic heterocycles. The predicted molar refractivity (Wildman–Crippen MR) is 101 cm³/mol. The van der Waals surface area contributed by atoms with Crippen LogP contribution in [-0.2, 0) is 11.3 Å². The number of hydrogen-bond acceptors (Lipinski definition) is 2. The summed E-state index contributed by atoms with van der Waals surface area (Å²) in [6.07, 6.45) is 0. The lowest BCUT2D eigenvalue weighted by Crippen LogP contribution is -2.29. The van der Waals surface area contributed by atoms with Crippen molar-refractivity contribution in [1.82, 2.24) is 0 Å². The van der Waals surface area contributed by atoms with Gasteiger partial charge in [-0.3, -0.25) is 4.79 Å². The number of amides is 1. The van der Waals surface area contributed by atoms with E-state index in [2.05, 4.69) is 4.99 Å². The maximum absolute atomic E-state index is 13.2. The van der Waals surface area contributed by atoms with Gasteiger partial charge in [0, 0.05) is 5.56 Å². The Hall–Kier alpha value is -3.27.